The summed E-state index contributed by atoms with van der Waals surface area (Å²) in [4.78, 5) is 21.9. The predicted octanol–water partition coefficient (Wildman–Crippen LogP) is 5.03. The minimum absolute atomic E-state index is 0.0406. The van der Waals surface area contributed by atoms with E-state index in [0.717, 1.165) is 36.7 Å². The minimum Gasteiger partial charge on any atom is -0.493 e. The van der Waals surface area contributed by atoms with Crippen LogP contribution in [0.25, 0.3) is 0 Å². The van der Waals surface area contributed by atoms with Gasteiger partial charge in [0.15, 0.2) is 17.3 Å². The van der Waals surface area contributed by atoms with Crippen LogP contribution in [0, 0.1) is 5.82 Å². The van der Waals surface area contributed by atoms with Crippen LogP contribution in [0.15, 0.2) is 72.8 Å². The lowest BCUT2D eigenvalue weighted by atomic mass is 10.1. The van der Waals surface area contributed by atoms with E-state index in [-0.39, 0.29) is 11.7 Å². The van der Waals surface area contributed by atoms with Crippen molar-refractivity contribution >= 4 is 17.4 Å². The summed E-state index contributed by atoms with van der Waals surface area (Å²) in [6.07, 6.45) is 0.464. The summed E-state index contributed by atoms with van der Waals surface area (Å²) < 4.78 is 28.9. The molecular weight excluding hydrogens is 491 g/mol. The topological polar surface area (TPSA) is 67.8 Å². The van der Waals surface area contributed by atoms with Crippen LogP contribution in [0.1, 0.15) is 27.3 Å². The standard InChI is InChI=1S/C28H27FN4O3S/c1-35-24-12-9-22(27(34)33-15-13-32(14-16-33)19-21-5-3-2-4-6-21)18-25(24)36-28-30-26(31-37-28)17-20-7-10-23(29)11-8-20/h2-12,18H,13-17,19H2,1H3. The first kappa shape index (κ1) is 24.9. The number of ether oxygens (including phenoxy) is 2. The van der Waals surface area contributed by atoms with Gasteiger partial charge in [0.1, 0.15) is 5.82 Å². The number of nitrogens with zero attached hydrogens (tertiary/aromatic N) is 4. The van der Waals surface area contributed by atoms with Crippen LogP contribution < -0.4 is 9.47 Å². The quantitative estimate of drug-likeness (QED) is 0.326. The lowest BCUT2D eigenvalue weighted by Gasteiger charge is -2.34. The number of benzene rings is 3. The van der Waals surface area contributed by atoms with Crippen LogP contribution in [0.3, 0.4) is 0 Å². The van der Waals surface area contributed by atoms with Crippen molar-refractivity contribution in [3.63, 3.8) is 0 Å². The zero-order chi connectivity index (χ0) is 25.6. The highest BCUT2D eigenvalue weighted by molar-refractivity contribution is 7.07. The molecule has 1 aliphatic rings. The highest BCUT2D eigenvalue weighted by atomic mass is 32.1. The molecule has 1 aromatic heterocycles. The monoisotopic (exact) mass is 518 g/mol. The van der Waals surface area contributed by atoms with E-state index >= 15 is 0 Å². The average molecular weight is 519 g/mol. The number of aromatic nitrogens is 2. The fraction of sp³-hybridized carbons (Fsp3) is 0.250. The molecule has 1 aliphatic heterocycles. The van der Waals surface area contributed by atoms with E-state index in [4.69, 9.17) is 9.47 Å². The summed E-state index contributed by atoms with van der Waals surface area (Å²) in [5.41, 5.74) is 2.71. The van der Waals surface area contributed by atoms with Crippen molar-refractivity contribution in [2.75, 3.05) is 33.3 Å². The van der Waals surface area contributed by atoms with Crippen LogP contribution in [-0.4, -0.2) is 58.4 Å². The summed E-state index contributed by atoms with van der Waals surface area (Å²) in [6, 6.07) is 21.8. The Balaban J connectivity index is 1.22. The van der Waals surface area contributed by atoms with Gasteiger partial charge in [-0.2, -0.15) is 9.36 Å². The number of methoxy groups -OCH3 is 1. The van der Waals surface area contributed by atoms with Crippen molar-refractivity contribution < 1.29 is 18.7 Å². The van der Waals surface area contributed by atoms with E-state index in [9.17, 15) is 9.18 Å². The molecule has 5 rings (SSSR count). The molecule has 2 heterocycles. The molecule has 4 aromatic rings. The smallest absolute Gasteiger partial charge is 0.298 e. The molecule has 9 heteroatoms. The van der Waals surface area contributed by atoms with Crippen molar-refractivity contribution in [3.8, 4) is 16.7 Å². The fourth-order valence-corrected chi connectivity index (χ4v) is 4.81. The first-order valence-electron chi connectivity index (χ1n) is 12.1. The van der Waals surface area contributed by atoms with Crippen molar-refractivity contribution in [1.82, 2.24) is 19.2 Å². The maximum atomic E-state index is 13.3. The average Bonchev–Trinajstić information content (AvgIpc) is 3.37. The van der Waals surface area contributed by atoms with Gasteiger partial charge in [-0.3, -0.25) is 9.69 Å². The van der Waals surface area contributed by atoms with Gasteiger partial charge >= 0.3 is 0 Å². The number of piperazine rings is 1. The van der Waals surface area contributed by atoms with E-state index in [0.29, 0.717) is 47.6 Å². The highest BCUT2D eigenvalue weighted by Gasteiger charge is 2.23. The normalized spacial score (nSPS) is 13.9. The highest BCUT2D eigenvalue weighted by Crippen LogP contribution is 2.34. The van der Waals surface area contributed by atoms with Crippen molar-refractivity contribution in [1.29, 1.82) is 0 Å². The Bertz CT molecular complexity index is 1340. The summed E-state index contributed by atoms with van der Waals surface area (Å²) >= 11 is 1.12. The molecule has 190 valence electrons. The van der Waals surface area contributed by atoms with E-state index in [1.54, 1.807) is 37.4 Å². The van der Waals surface area contributed by atoms with Crippen LogP contribution >= 0.6 is 11.5 Å². The molecule has 1 fully saturated rings. The van der Waals surface area contributed by atoms with Gasteiger partial charge in [-0.1, -0.05) is 42.5 Å². The molecule has 1 saturated heterocycles. The third-order valence-electron chi connectivity index (χ3n) is 6.24. The fourth-order valence-electron chi connectivity index (χ4n) is 4.25. The van der Waals surface area contributed by atoms with E-state index in [1.807, 2.05) is 23.1 Å². The van der Waals surface area contributed by atoms with Crippen molar-refractivity contribution in [2.24, 2.45) is 0 Å². The van der Waals surface area contributed by atoms with Gasteiger partial charge in [0.2, 0.25) is 0 Å². The number of hydrogen-bond acceptors (Lipinski definition) is 7. The summed E-state index contributed by atoms with van der Waals surface area (Å²) in [5.74, 6) is 1.15. The maximum Gasteiger partial charge on any atom is 0.298 e. The Kier molecular flexibility index (Phi) is 7.72. The van der Waals surface area contributed by atoms with Gasteiger partial charge in [-0.25, -0.2) is 4.39 Å². The summed E-state index contributed by atoms with van der Waals surface area (Å²) in [7, 11) is 1.55. The van der Waals surface area contributed by atoms with Crippen molar-refractivity contribution in [3.05, 3.63) is 101 Å². The second-order valence-corrected chi connectivity index (χ2v) is 9.52. The number of halogens is 1. The number of carbonyl (C=O) groups excluding carboxylic acids is 1. The first-order chi connectivity index (χ1) is 18.1. The third kappa shape index (κ3) is 6.31. The number of carbonyl (C=O) groups is 1. The van der Waals surface area contributed by atoms with Gasteiger partial charge in [0.05, 0.1) is 7.11 Å². The van der Waals surface area contributed by atoms with Gasteiger partial charge in [0.25, 0.3) is 11.1 Å². The zero-order valence-corrected chi connectivity index (χ0v) is 21.3. The van der Waals surface area contributed by atoms with Gasteiger partial charge < -0.3 is 14.4 Å². The molecule has 0 unspecified atom stereocenters. The van der Waals surface area contributed by atoms with Crippen LogP contribution in [0.4, 0.5) is 4.39 Å². The lowest BCUT2D eigenvalue weighted by Crippen LogP contribution is -2.48. The van der Waals surface area contributed by atoms with Crippen molar-refractivity contribution in [2.45, 2.75) is 13.0 Å². The molecule has 7 nitrogen and oxygen atoms in total. The SMILES string of the molecule is COc1ccc(C(=O)N2CCN(Cc3ccccc3)CC2)cc1Oc1nc(Cc2ccc(F)cc2)ns1. The Morgan fingerprint density at radius 1 is 0.946 bits per heavy atom. The molecular formula is C28H27FN4O3S. The number of rotatable bonds is 8. The number of hydrogen-bond donors (Lipinski definition) is 0. The molecule has 0 N–H and O–H groups in total. The second kappa shape index (κ2) is 11.5. The van der Waals surface area contributed by atoms with E-state index in [2.05, 4.69) is 26.4 Å². The molecule has 0 bridgehead atoms. The second-order valence-electron chi connectivity index (χ2n) is 8.80. The Labute approximate surface area is 219 Å². The van der Waals surface area contributed by atoms with E-state index in [1.165, 1.54) is 17.7 Å². The Morgan fingerprint density at radius 2 is 1.70 bits per heavy atom. The van der Waals surface area contributed by atoms with Crippen LogP contribution in [-0.2, 0) is 13.0 Å². The Morgan fingerprint density at radius 3 is 2.43 bits per heavy atom. The van der Waals surface area contributed by atoms with E-state index < -0.39 is 0 Å². The lowest BCUT2D eigenvalue weighted by molar-refractivity contribution is 0.0628. The minimum atomic E-state index is -0.283. The number of amides is 1. The first-order valence-corrected chi connectivity index (χ1v) is 12.8. The molecule has 0 atom stereocenters. The molecule has 3 aromatic carbocycles. The van der Waals surface area contributed by atoms with Gasteiger partial charge in [0, 0.05) is 56.2 Å². The molecule has 0 aliphatic carbocycles. The molecule has 0 spiro atoms. The van der Waals surface area contributed by atoms with Crippen LogP contribution in [0.5, 0.6) is 16.7 Å². The maximum absolute atomic E-state index is 13.3. The summed E-state index contributed by atoms with van der Waals surface area (Å²) in [5, 5.41) is 0.342. The zero-order valence-electron chi connectivity index (χ0n) is 20.5. The predicted molar refractivity (Wildman–Crippen MR) is 140 cm³/mol. The molecule has 37 heavy (non-hydrogen) atoms. The molecule has 0 saturated carbocycles. The summed E-state index contributed by atoms with van der Waals surface area (Å²) in [6.45, 7) is 3.85. The largest absolute Gasteiger partial charge is 0.493 e. The Hall–Kier alpha value is -3.82. The molecule has 0 radical (unpaired) electrons. The van der Waals surface area contributed by atoms with Gasteiger partial charge in [-0.15, -0.1) is 0 Å². The van der Waals surface area contributed by atoms with Crippen LogP contribution in [0.2, 0.25) is 0 Å². The third-order valence-corrected chi connectivity index (χ3v) is 6.87. The molecule has 1 amide bonds. The van der Waals surface area contributed by atoms with Gasteiger partial charge in [-0.05, 0) is 41.5 Å².